The zero-order valence-electron chi connectivity index (χ0n) is 7.50. The molecule has 1 aliphatic rings. The first kappa shape index (κ1) is 13.3. The fourth-order valence-corrected chi connectivity index (χ4v) is 5.72. The lowest BCUT2D eigenvalue weighted by Gasteiger charge is -2.15. The van der Waals surface area contributed by atoms with Crippen molar-refractivity contribution in [1.29, 1.82) is 0 Å². The lowest BCUT2D eigenvalue weighted by atomic mass is 10.2. The summed E-state index contributed by atoms with van der Waals surface area (Å²) in [6.07, 6.45) is -2.88. The predicted molar refractivity (Wildman–Crippen MR) is 48.5 cm³/mol. The SMILES string of the molecule is O=P(O)(O)CP1(=O)O[C@H](CO)[C@@H](O)C1O. The van der Waals surface area contributed by atoms with E-state index >= 15 is 0 Å². The molecule has 0 aromatic heterocycles. The van der Waals surface area contributed by atoms with Gasteiger partial charge in [0.1, 0.15) is 18.1 Å². The largest absolute Gasteiger partial charge is 0.394 e. The van der Waals surface area contributed by atoms with E-state index in [0.717, 1.165) is 0 Å². The van der Waals surface area contributed by atoms with Crippen molar-refractivity contribution in [3.63, 3.8) is 0 Å². The van der Waals surface area contributed by atoms with Gasteiger partial charge < -0.3 is 29.6 Å². The highest BCUT2D eigenvalue weighted by atomic mass is 31.2. The Hall–Kier alpha value is 0.220. The summed E-state index contributed by atoms with van der Waals surface area (Å²) in [5.41, 5.74) is 0. The zero-order valence-corrected chi connectivity index (χ0v) is 9.29. The van der Waals surface area contributed by atoms with Crippen LogP contribution in [0.15, 0.2) is 0 Å². The summed E-state index contributed by atoms with van der Waals surface area (Å²) in [6.45, 7) is -0.691. The van der Waals surface area contributed by atoms with E-state index in [1.165, 1.54) is 0 Å². The Balaban J connectivity index is 2.88. The van der Waals surface area contributed by atoms with Crippen LogP contribution in [-0.2, 0) is 13.7 Å². The maximum Gasteiger partial charge on any atom is 0.335 e. The third-order valence-corrected chi connectivity index (χ3v) is 6.75. The molecule has 1 heterocycles. The molecule has 0 bridgehead atoms. The van der Waals surface area contributed by atoms with Gasteiger partial charge in [-0.05, 0) is 0 Å². The lowest BCUT2D eigenvalue weighted by molar-refractivity contribution is -0.000966. The zero-order chi connectivity index (χ0) is 11.9. The smallest absolute Gasteiger partial charge is 0.335 e. The molecule has 0 aromatic carbocycles. The van der Waals surface area contributed by atoms with Crippen LogP contribution in [0.4, 0.5) is 0 Å². The fraction of sp³-hybridized carbons (Fsp3) is 1.00. The van der Waals surface area contributed by atoms with Crippen LogP contribution in [-0.4, -0.2) is 55.7 Å². The molecule has 4 atom stereocenters. The number of hydrogen-bond acceptors (Lipinski definition) is 6. The van der Waals surface area contributed by atoms with Gasteiger partial charge in [0.2, 0.25) is 7.37 Å². The van der Waals surface area contributed by atoms with Crippen molar-refractivity contribution in [3.8, 4) is 0 Å². The van der Waals surface area contributed by atoms with Crippen LogP contribution < -0.4 is 0 Å². The van der Waals surface area contributed by atoms with Crippen LogP contribution >= 0.6 is 15.0 Å². The second-order valence-electron chi connectivity index (χ2n) is 3.26. The van der Waals surface area contributed by atoms with Gasteiger partial charge in [-0.1, -0.05) is 0 Å². The molecule has 0 radical (unpaired) electrons. The van der Waals surface area contributed by atoms with Crippen molar-refractivity contribution in [3.05, 3.63) is 0 Å². The topological polar surface area (TPSA) is 145 Å². The van der Waals surface area contributed by atoms with E-state index in [0.29, 0.717) is 0 Å². The summed E-state index contributed by atoms with van der Waals surface area (Å²) < 4.78 is 26.9. The normalized spacial score (nSPS) is 42.1. The van der Waals surface area contributed by atoms with E-state index in [1.807, 2.05) is 0 Å². The van der Waals surface area contributed by atoms with Crippen molar-refractivity contribution < 1.29 is 38.8 Å². The Morgan fingerprint density at radius 1 is 1.33 bits per heavy atom. The van der Waals surface area contributed by atoms with Crippen LogP contribution in [0.3, 0.4) is 0 Å². The van der Waals surface area contributed by atoms with E-state index in [9.17, 15) is 19.3 Å². The standard InChI is InChI=1S/C5H12O8P2/c6-1-3-4(7)5(8)14(9,13-3)2-15(10,11)12/h3-8H,1-2H2,(H2,10,11,12)/t3-,4-,5?,14?/m1/s1. The van der Waals surface area contributed by atoms with Crippen molar-refractivity contribution in [2.75, 3.05) is 12.5 Å². The average molecular weight is 262 g/mol. The summed E-state index contributed by atoms with van der Waals surface area (Å²) >= 11 is 0. The Morgan fingerprint density at radius 3 is 2.20 bits per heavy atom. The van der Waals surface area contributed by atoms with Gasteiger partial charge in [-0.25, -0.2) is 0 Å². The molecule has 0 aliphatic carbocycles. The maximum absolute atomic E-state index is 11.7. The molecule has 1 aliphatic heterocycles. The number of aliphatic hydroxyl groups excluding tert-OH is 3. The predicted octanol–water partition coefficient (Wildman–Crippen LogP) is -1.53. The van der Waals surface area contributed by atoms with Crippen LogP contribution in [0.2, 0.25) is 0 Å². The van der Waals surface area contributed by atoms with Crippen LogP contribution in [0, 0.1) is 0 Å². The Labute approximate surface area is 85.1 Å². The molecule has 0 amide bonds. The van der Waals surface area contributed by atoms with Gasteiger partial charge in [0.25, 0.3) is 0 Å². The third kappa shape index (κ3) is 2.87. The van der Waals surface area contributed by atoms with Gasteiger partial charge in [0.15, 0.2) is 5.85 Å². The molecule has 10 heteroatoms. The molecule has 0 saturated carbocycles. The Morgan fingerprint density at radius 2 is 1.87 bits per heavy atom. The van der Waals surface area contributed by atoms with E-state index in [2.05, 4.69) is 4.52 Å². The summed E-state index contributed by atoms with van der Waals surface area (Å²) in [7, 11) is -8.65. The molecular weight excluding hydrogens is 250 g/mol. The second-order valence-corrected chi connectivity index (χ2v) is 7.92. The van der Waals surface area contributed by atoms with Crippen molar-refractivity contribution in [2.24, 2.45) is 0 Å². The monoisotopic (exact) mass is 262 g/mol. The minimum Gasteiger partial charge on any atom is -0.394 e. The van der Waals surface area contributed by atoms with E-state index in [1.54, 1.807) is 0 Å². The van der Waals surface area contributed by atoms with Crippen LogP contribution in [0.25, 0.3) is 0 Å². The van der Waals surface area contributed by atoms with Crippen molar-refractivity contribution >= 4 is 15.0 Å². The summed E-state index contributed by atoms with van der Waals surface area (Å²) in [6, 6.07) is 0. The van der Waals surface area contributed by atoms with Crippen molar-refractivity contribution in [2.45, 2.75) is 18.1 Å². The number of aliphatic hydroxyl groups is 3. The summed E-state index contributed by atoms with van der Waals surface area (Å²) in [5.74, 6) is -3.02. The molecule has 90 valence electrons. The first-order valence-electron chi connectivity index (χ1n) is 3.98. The second kappa shape index (κ2) is 4.24. The molecule has 15 heavy (non-hydrogen) atoms. The quantitative estimate of drug-likeness (QED) is 0.385. The molecular formula is C5H12O8P2. The molecule has 0 aromatic rings. The summed E-state index contributed by atoms with van der Waals surface area (Å²) in [4.78, 5) is 17.2. The summed E-state index contributed by atoms with van der Waals surface area (Å²) in [5, 5.41) is 27.2. The van der Waals surface area contributed by atoms with Crippen LogP contribution in [0.1, 0.15) is 0 Å². The van der Waals surface area contributed by atoms with Gasteiger partial charge in [-0.2, -0.15) is 0 Å². The maximum atomic E-state index is 11.7. The molecule has 1 saturated heterocycles. The molecule has 2 unspecified atom stereocenters. The molecule has 0 spiro atoms. The number of hydrogen-bond donors (Lipinski definition) is 5. The average Bonchev–Trinajstić information content (AvgIpc) is 2.27. The highest BCUT2D eigenvalue weighted by Crippen LogP contribution is 2.65. The first-order valence-corrected chi connectivity index (χ1v) is 7.66. The molecule has 1 fully saturated rings. The van der Waals surface area contributed by atoms with Gasteiger partial charge >= 0.3 is 7.60 Å². The van der Waals surface area contributed by atoms with Gasteiger partial charge in [-0.3, -0.25) is 9.13 Å². The van der Waals surface area contributed by atoms with Gasteiger partial charge in [-0.15, -0.1) is 0 Å². The van der Waals surface area contributed by atoms with E-state index < -0.39 is 45.5 Å². The first-order chi connectivity index (χ1) is 6.69. The minimum absolute atomic E-state index is 0.691. The third-order valence-electron chi connectivity index (χ3n) is 1.96. The Bertz CT molecular complexity index is 323. The highest BCUT2D eigenvalue weighted by Gasteiger charge is 2.53. The molecule has 8 nitrogen and oxygen atoms in total. The Kier molecular flexibility index (Phi) is 3.75. The van der Waals surface area contributed by atoms with Crippen LogP contribution in [0.5, 0.6) is 0 Å². The van der Waals surface area contributed by atoms with E-state index in [4.69, 9.17) is 14.9 Å². The van der Waals surface area contributed by atoms with Gasteiger partial charge in [0, 0.05) is 0 Å². The minimum atomic E-state index is -4.62. The van der Waals surface area contributed by atoms with E-state index in [-0.39, 0.29) is 0 Å². The highest BCUT2D eigenvalue weighted by molar-refractivity contribution is 7.73. The van der Waals surface area contributed by atoms with Gasteiger partial charge in [0.05, 0.1) is 6.61 Å². The fourth-order valence-electron chi connectivity index (χ4n) is 1.29. The molecule has 1 rings (SSSR count). The lowest BCUT2D eigenvalue weighted by Crippen LogP contribution is -2.31. The number of rotatable bonds is 3. The van der Waals surface area contributed by atoms with Crippen molar-refractivity contribution in [1.82, 2.24) is 0 Å². The molecule has 5 N–H and O–H groups in total.